The number of nitriles is 1. The molecule has 8 nitrogen and oxygen atoms in total. The number of carbonyl (C=O) groups is 1. The molecule has 0 atom stereocenters. The van der Waals surface area contributed by atoms with Crippen LogP contribution >= 0.6 is 0 Å². The van der Waals surface area contributed by atoms with E-state index in [2.05, 4.69) is 10.1 Å². The van der Waals surface area contributed by atoms with E-state index in [1.807, 2.05) is 26.8 Å². The molecular formula is C17H21N5O3. The first-order chi connectivity index (χ1) is 11.8. The molecule has 0 spiro atoms. The van der Waals surface area contributed by atoms with Crippen molar-refractivity contribution in [2.24, 2.45) is 0 Å². The summed E-state index contributed by atoms with van der Waals surface area (Å²) in [6, 6.07) is 3.55. The minimum Gasteiger partial charge on any atom is -0.444 e. The van der Waals surface area contributed by atoms with Gasteiger partial charge in [0.2, 0.25) is 0 Å². The van der Waals surface area contributed by atoms with Gasteiger partial charge >= 0.3 is 6.09 Å². The fourth-order valence-electron chi connectivity index (χ4n) is 3.07. The molecule has 2 aromatic heterocycles. The molecule has 25 heavy (non-hydrogen) atoms. The summed E-state index contributed by atoms with van der Waals surface area (Å²) < 4.78 is 7.02. The molecule has 1 aliphatic heterocycles. The van der Waals surface area contributed by atoms with Crippen molar-refractivity contribution in [3.63, 3.8) is 0 Å². The Labute approximate surface area is 145 Å². The zero-order valence-electron chi connectivity index (χ0n) is 14.6. The minimum absolute atomic E-state index is 0.0925. The second-order valence-electron chi connectivity index (χ2n) is 7.23. The van der Waals surface area contributed by atoms with Crippen LogP contribution in [-0.4, -0.2) is 44.3 Å². The van der Waals surface area contributed by atoms with E-state index in [1.165, 1.54) is 12.3 Å². The quantitative estimate of drug-likeness (QED) is 0.853. The van der Waals surface area contributed by atoms with E-state index in [1.54, 1.807) is 9.42 Å². The highest BCUT2D eigenvalue weighted by atomic mass is 16.6. The molecule has 132 valence electrons. The SMILES string of the molecule is CC(C)(C)OC(=O)N1CCC(c2cc(=O)[nH]c3c(C#N)cnn23)CC1. The number of nitrogens with one attached hydrogen (secondary N) is 1. The van der Waals surface area contributed by atoms with Crippen LogP contribution in [0.5, 0.6) is 0 Å². The number of carbonyl (C=O) groups excluding carboxylic acids is 1. The molecule has 2 aromatic rings. The third-order valence-electron chi connectivity index (χ3n) is 4.22. The highest BCUT2D eigenvalue weighted by Crippen LogP contribution is 2.28. The third-order valence-corrected chi connectivity index (χ3v) is 4.22. The van der Waals surface area contributed by atoms with E-state index in [0.29, 0.717) is 37.1 Å². The Morgan fingerprint density at radius 2 is 2.08 bits per heavy atom. The molecule has 0 aromatic carbocycles. The maximum atomic E-state index is 12.2. The van der Waals surface area contributed by atoms with Crippen LogP contribution in [0.3, 0.4) is 0 Å². The Kier molecular flexibility index (Phi) is 4.25. The predicted molar refractivity (Wildman–Crippen MR) is 90.3 cm³/mol. The topological polar surface area (TPSA) is 103 Å². The summed E-state index contributed by atoms with van der Waals surface area (Å²) in [6.45, 7) is 6.64. The van der Waals surface area contributed by atoms with Crippen molar-refractivity contribution in [2.45, 2.75) is 45.1 Å². The number of H-pyrrole nitrogens is 1. The van der Waals surface area contributed by atoms with Crippen molar-refractivity contribution < 1.29 is 9.53 Å². The van der Waals surface area contributed by atoms with Gasteiger partial charge < -0.3 is 14.6 Å². The number of aromatic nitrogens is 3. The lowest BCUT2D eigenvalue weighted by atomic mass is 9.93. The summed E-state index contributed by atoms with van der Waals surface area (Å²) >= 11 is 0. The smallest absolute Gasteiger partial charge is 0.410 e. The second kappa shape index (κ2) is 6.24. The number of rotatable bonds is 1. The lowest BCUT2D eigenvalue weighted by Crippen LogP contribution is -2.41. The molecule has 3 heterocycles. The minimum atomic E-state index is -0.518. The zero-order valence-corrected chi connectivity index (χ0v) is 14.6. The van der Waals surface area contributed by atoms with Crippen LogP contribution in [0.15, 0.2) is 17.1 Å². The number of aromatic amines is 1. The molecule has 0 saturated carbocycles. The Morgan fingerprint density at radius 1 is 1.40 bits per heavy atom. The summed E-state index contributed by atoms with van der Waals surface area (Å²) in [5.41, 5.74) is 0.748. The average molecular weight is 343 g/mol. The Morgan fingerprint density at radius 3 is 2.68 bits per heavy atom. The fraction of sp³-hybridized carbons (Fsp3) is 0.529. The summed E-state index contributed by atoms with van der Waals surface area (Å²) in [7, 11) is 0. The van der Waals surface area contributed by atoms with Crippen molar-refractivity contribution in [3.05, 3.63) is 33.9 Å². The molecule has 8 heteroatoms. The van der Waals surface area contributed by atoms with Gasteiger partial charge in [0.25, 0.3) is 5.56 Å². The van der Waals surface area contributed by atoms with Crippen molar-refractivity contribution in [2.75, 3.05) is 13.1 Å². The first-order valence-corrected chi connectivity index (χ1v) is 8.27. The average Bonchev–Trinajstić information content (AvgIpc) is 2.95. The summed E-state index contributed by atoms with van der Waals surface area (Å²) in [5, 5.41) is 13.3. The molecule has 1 saturated heterocycles. The lowest BCUT2D eigenvalue weighted by Gasteiger charge is -2.33. The predicted octanol–water partition coefficient (Wildman–Crippen LogP) is 2.01. The number of nitrogens with zero attached hydrogens (tertiary/aromatic N) is 4. The molecule has 1 fully saturated rings. The van der Waals surface area contributed by atoms with Gasteiger partial charge in [0.05, 0.1) is 11.9 Å². The molecule has 3 rings (SSSR count). The lowest BCUT2D eigenvalue weighted by molar-refractivity contribution is 0.0203. The van der Waals surface area contributed by atoms with Crippen molar-refractivity contribution >= 4 is 11.7 Å². The normalized spacial score (nSPS) is 16.0. The van der Waals surface area contributed by atoms with Crippen LogP contribution in [-0.2, 0) is 4.74 Å². The van der Waals surface area contributed by atoms with Gasteiger partial charge in [0.1, 0.15) is 17.2 Å². The van der Waals surface area contributed by atoms with Crippen molar-refractivity contribution in [3.8, 4) is 6.07 Å². The summed E-state index contributed by atoms with van der Waals surface area (Å²) in [6.07, 6.45) is 2.55. The molecule has 0 bridgehead atoms. The third kappa shape index (κ3) is 3.50. The van der Waals surface area contributed by atoms with Gasteiger partial charge in [-0.05, 0) is 33.6 Å². The molecule has 1 N–H and O–H groups in total. The number of hydrogen-bond donors (Lipinski definition) is 1. The zero-order chi connectivity index (χ0) is 18.2. The van der Waals surface area contributed by atoms with E-state index in [0.717, 1.165) is 5.69 Å². The number of likely N-dealkylation sites (tertiary alicyclic amines) is 1. The molecule has 0 unspecified atom stereocenters. The molecule has 1 amide bonds. The fourth-order valence-corrected chi connectivity index (χ4v) is 3.07. The van der Waals surface area contributed by atoms with Crippen LogP contribution in [0.4, 0.5) is 4.79 Å². The highest BCUT2D eigenvalue weighted by Gasteiger charge is 2.29. The molecule has 1 aliphatic rings. The van der Waals surface area contributed by atoms with Crippen molar-refractivity contribution in [1.29, 1.82) is 5.26 Å². The first-order valence-electron chi connectivity index (χ1n) is 8.27. The standard InChI is InChI=1S/C17H21N5O3/c1-17(2,3)25-16(24)21-6-4-11(5-7-21)13-8-14(23)20-15-12(9-18)10-19-22(13)15/h8,10-11H,4-7H2,1-3H3,(H,20,23). The summed E-state index contributed by atoms with van der Waals surface area (Å²) in [5.74, 6) is 0.0925. The maximum absolute atomic E-state index is 12.2. The van der Waals surface area contributed by atoms with Gasteiger partial charge in [-0.1, -0.05) is 0 Å². The Balaban J connectivity index is 1.79. The van der Waals surface area contributed by atoms with Crippen LogP contribution in [0, 0.1) is 11.3 Å². The van der Waals surface area contributed by atoms with E-state index in [4.69, 9.17) is 10.00 Å². The van der Waals surface area contributed by atoms with E-state index in [9.17, 15) is 9.59 Å². The number of fused-ring (bicyclic) bond motifs is 1. The van der Waals surface area contributed by atoms with Crippen LogP contribution < -0.4 is 5.56 Å². The Hall–Kier alpha value is -2.82. The van der Waals surface area contributed by atoms with Crippen LogP contribution in [0.1, 0.15) is 50.8 Å². The molecular weight excluding hydrogens is 322 g/mol. The number of piperidine rings is 1. The summed E-state index contributed by atoms with van der Waals surface area (Å²) in [4.78, 5) is 28.5. The van der Waals surface area contributed by atoms with Gasteiger partial charge in [0.15, 0.2) is 5.65 Å². The maximum Gasteiger partial charge on any atom is 0.410 e. The number of amides is 1. The van der Waals surface area contributed by atoms with Crippen LogP contribution in [0.25, 0.3) is 5.65 Å². The monoisotopic (exact) mass is 343 g/mol. The van der Waals surface area contributed by atoms with Crippen LogP contribution in [0.2, 0.25) is 0 Å². The second-order valence-corrected chi connectivity index (χ2v) is 7.23. The van der Waals surface area contributed by atoms with Gasteiger partial charge in [-0.15, -0.1) is 0 Å². The van der Waals surface area contributed by atoms with Crippen molar-refractivity contribution in [1.82, 2.24) is 19.5 Å². The van der Waals surface area contributed by atoms with E-state index >= 15 is 0 Å². The number of hydrogen-bond acceptors (Lipinski definition) is 5. The first kappa shape index (κ1) is 17.0. The van der Waals surface area contributed by atoms with E-state index < -0.39 is 5.60 Å². The Bertz CT molecular complexity index is 892. The largest absolute Gasteiger partial charge is 0.444 e. The highest BCUT2D eigenvalue weighted by molar-refractivity contribution is 5.68. The van der Waals surface area contributed by atoms with E-state index in [-0.39, 0.29) is 17.6 Å². The van der Waals surface area contributed by atoms with Gasteiger partial charge in [-0.25, -0.2) is 9.31 Å². The van der Waals surface area contributed by atoms with Gasteiger partial charge in [-0.2, -0.15) is 10.4 Å². The molecule has 0 radical (unpaired) electrons. The van der Waals surface area contributed by atoms with Gasteiger partial charge in [-0.3, -0.25) is 4.79 Å². The number of ether oxygens (including phenoxy) is 1. The molecule has 0 aliphatic carbocycles. The van der Waals surface area contributed by atoms with Gasteiger partial charge in [0, 0.05) is 25.1 Å².